The van der Waals surface area contributed by atoms with Crippen molar-refractivity contribution in [2.24, 2.45) is 22.3 Å². The zero-order valence-corrected chi connectivity index (χ0v) is 38.7. The van der Waals surface area contributed by atoms with Crippen molar-refractivity contribution in [1.29, 1.82) is 0 Å². The van der Waals surface area contributed by atoms with Gasteiger partial charge in [0.15, 0.2) is 0 Å². The van der Waals surface area contributed by atoms with Crippen LogP contribution in [-0.2, 0) is 23.9 Å². The van der Waals surface area contributed by atoms with E-state index in [0.717, 1.165) is 48.3 Å². The Morgan fingerprint density at radius 2 is 0.984 bits per heavy atom. The second-order valence-electron chi connectivity index (χ2n) is 18.2. The van der Waals surface area contributed by atoms with Gasteiger partial charge in [-0.1, -0.05) is 81.4 Å². The lowest BCUT2D eigenvalue weighted by atomic mass is 9.67. The van der Waals surface area contributed by atoms with Crippen LogP contribution < -0.4 is 20.9 Å². The van der Waals surface area contributed by atoms with E-state index in [-0.39, 0.29) is 12.8 Å². The van der Waals surface area contributed by atoms with Crippen LogP contribution in [0.3, 0.4) is 0 Å². The molecule has 12 nitrogen and oxygen atoms in total. The molecule has 2 fully saturated rings. The number of unbranched alkanes of at least 4 members (excludes halogenated alkanes) is 1. The third-order valence-electron chi connectivity index (χ3n) is 13.2. The number of carbonyl (C=O) groups is 3. The van der Waals surface area contributed by atoms with Gasteiger partial charge in [0.05, 0.1) is 25.0 Å². The van der Waals surface area contributed by atoms with Crippen molar-refractivity contribution >= 4 is 17.9 Å². The molecule has 2 aromatic carbocycles. The summed E-state index contributed by atoms with van der Waals surface area (Å²) in [6.07, 6.45) is 27.5. The predicted octanol–water partition coefficient (Wildman–Crippen LogP) is 10.9. The maximum Gasteiger partial charge on any atom is 0.320 e. The Morgan fingerprint density at radius 3 is 1.33 bits per heavy atom. The summed E-state index contributed by atoms with van der Waals surface area (Å²) < 4.78 is 23.2. The summed E-state index contributed by atoms with van der Waals surface area (Å²) in [5.41, 5.74) is 15.9. The minimum atomic E-state index is -0.933. The first-order valence-electron chi connectivity index (χ1n) is 24.1. The molecule has 7 N–H and O–H groups in total. The number of allylic oxidation sites excluding steroid dienone is 2. The highest BCUT2D eigenvalue weighted by Gasteiger charge is 2.33. The lowest BCUT2D eigenvalue weighted by Gasteiger charge is -2.38. The molecule has 2 saturated carbocycles. The van der Waals surface area contributed by atoms with E-state index in [1.807, 2.05) is 62.4 Å². The number of rotatable bonds is 21. The lowest BCUT2D eigenvalue weighted by Crippen LogP contribution is -2.29. The lowest BCUT2D eigenvalue weighted by molar-refractivity contribution is -0.141. The van der Waals surface area contributed by atoms with Crippen LogP contribution in [0.1, 0.15) is 172 Å². The zero-order chi connectivity index (χ0) is 46.2. The Labute approximate surface area is 382 Å². The standard InChI is InChI=1S/2C23H32O4.C6H14N2O2/c2*1-2-26-21(15-22(24)25)19-8-10-20(11-9-19)27-17-18-7-6-14-23(16-18)12-4-3-5-13-23;7-4-2-1-3-5(8)6(9)10/h2*8-11,16,21H,2-7,12-15,17H2,1H3,(H,24,25);5H,1-4,7-8H2,(H,9,10)/t;;5-/m..0/s1. The Hall–Kier alpha value is -4.23. The van der Waals surface area contributed by atoms with Crippen molar-refractivity contribution in [3.05, 3.63) is 83.0 Å². The molecule has 2 spiro atoms. The number of hydrogen-bond acceptors (Lipinski definition) is 9. The van der Waals surface area contributed by atoms with E-state index < -0.39 is 36.2 Å². The van der Waals surface area contributed by atoms with Crippen LogP contribution >= 0.6 is 0 Å². The molecule has 0 radical (unpaired) electrons. The highest BCUT2D eigenvalue weighted by Crippen LogP contribution is 2.47. The van der Waals surface area contributed by atoms with Crippen LogP contribution in [0.25, 0.3) is 0 Å². The molecular formula is C52H78N2O10. The van der Waals surface area contributed by atoms with Gasteiger partial charge in [-0.05, 0) is 155 Å². The van der Waals surface area contributed by atoms with Gasteiger partial charge in [0.1, 0.15) is 30.8 Å². The highest BCUT2D eigenvalue weighted by molar-refractivity contribution is 5.73. The maximum absolute atomic E-state index is 11.0. The Balaban J connectivity index is 0.000000232. The van der Waals surface area contributed by atoms with Gasteiger partial charge in [-0.3, -0.25) is 14.4 Å². The molecule has 0 aromatic heterocycles. The van der Waals surface area contributed by atoms with Crippen LogP contribution in [-0.4, -0.2) is 72.2 Å². The average Bonchev–Trinajstić information content (AvgIpc) is 3.28. The minimum absolute atomic E-state index is 0.0248. The van der Waals surface area contributed by atoms with Crippen LogP contribution in [0.2, 0.25) is 0 Å². The molecule has 0 bridgehead atoms. The molecule has 0 aliphatic heterocycles. The summed E-state index contributed by atoms with van der Waals surface area (Å²) in [7, 11) is 0. The number of carboxylic acid groups (broad SMARTS) is 3. The second kappa shape index (κ2) is 28.0. The number of aliphatic carboxylic acids is 3. The van der Waals surface area contributed by atoms with Crippen molar-refractivity contribution in [1.82, 2.24) is 0 Å². The van der Waals surface area contributed by atoms with Crippen molar-refractivity contribution < 1.29 is 48.7 Å². The molecule has 4 aliphatic carbocycles. The fourth-order valence-corrected chi connectivity index (χ4v) is 9.82. The van der Waals surface area contributed by atoms with E-state index in [1.165, 1.54) is 101 Å². The first kappa shape index (κ1) is 52.4. The SMILES string of the molecule is CCOC(CC(=O)O)c1ccc(OCC2=CC3(CCCCC3)CCC2)cc1.CCOC(CC(=O)O)c1ccc(OCC2=CC3(CCCCC3)CCC2)cc1.NCCCC[C@H](N)C(=O)O. The number of nitrogens with two attached hydrogens (primary N) is 2. The predicted molar refractivity (Wildman–Crippen MR) is 251 cm³/mol. The van der Waals surface area contributed by atoms with Crippen LogP contribution in [0.4, 0.5) is 0 Å². The second-order valence-corrected chi connectivity index (χ2v) is 18.2. The van der Waals surface area contributed by atoms with Gasteiger partial charge in [0.25, 0.3) is 0 Å². The smallest absolute Gasteiger partial charge is 0.320 e. The molecule has 64 heavy (non-hydrogen) atoms. The van der Waals surface area contributed by atoms with Gasteiger partial charge >= 0.3 is 17.9 Å². The van der Waals surface area contributed by atoms with Gasteiger partial charge in [0.2, 0.25) is 0 Å². The van der Waals surface area contributed by atoms with E-state index >= 15 is 0 Å². The average molecular weight is 891 g/mol. The van der Waals surface area contributed by atoms with E-state index in [2.05, 4.69) is 12.2 Å². The van der Waals surface area contributed by atoms with Crippen molar-refractivity contribution in [2.75, 3.05) is 33.0 Å². The number of ether oxygens (including phenoxy) is 4. The summed E-state index contributed by atoms with van der Waals surface area (Å²) in [6, 6.07) is 14.6. The molecule has 4 aliphatic rings. The first-order valence-corrected chi connectivity index (χ1v) is 24.1. The molecule has 0 heterocycles. The molecule has 6 rings (SSSR count). The van der Waals surface area contributed by atoms with Gasteiger partial charge in [-0.25, -0.2) is 0 Å². The fraction of sp³-hybridized carbons (Fsp3) is 0.635. The van der Waals surface area contributed by atoms with E-state index in [0.29, 0.717) is 50.2 Å². The number of carboxylic acids is 3. The Bertz CT molecular complexity index is 1630. The highest BCUT2D eigenvalue weighted by atomic mass is 16.5. The largest absolute Gasteiger partial charge is 0.489 e. The summed E-state index contributed by atoms with van der Waals surface area (Å²) in [5, 5.41) is 26.4. The van der Waals surface area contributed by atoms with Gasteiger partial charge < -0.3 is 45.7 Å². The Kier molecular flexibility index (Phi) is 22.9. The number of hydrogen-bond donors (Lipinski definition) is 5. The molecular weight excluding hydrogens is 813 g/mol. The summed E-state index contributed by atoms with van der Waals surface area (Å²) in [6.45, 7) is 6.66. The van der Waals surface area contributed by atoms with E-state index in [1.54, 1.807) is 0 Å². The topological polar surface area (TPSA) is 201 Å². The zero-order valence-electron chi connectivity index (χ0n) is 38.7. The van der Waals surface area contributed by atoms with E-state index in [4.69, 9.17) is 45.7 Å². The monoisotopic (exact) mass is 891 g/mol. The summed E-state index contributed by atoms with van der Waals surface area (Å²) >= 11 is 0. The normalized spacial score (nSPS) is 19.0. The summed E-state index contributed by atoms with van der Waals surface area (Å²) in [5.74, 6) is -0.983. The third-order valence-corrected chi connectivity index (χ3v) is 13.2. The van der Waals surface area contributed by atoms with Crippen LogP contribution in [0.5, 0.6) is 11.5 Å². The molecule has 12 heteroatoms. The van der Waals surface area contributed by atoms with Crippen LogP contribution in [0.15, 0.2) is 71.8 Å². The first-order chi connectivity index (χ1) is 30.9. The molecule has 0 saturated heterocycles. The molecule has 2 aromatic rings. The summed E-state index contributed by atoms with van der Waals surface area (Å²) in [4.78, 5) is 32.2. The number of benzene rings is 2. The van der Waals surface area contributed by atoms with Gasteiger partial charge in [-0.2, -0.15) is 0 Å². The van der Waals surface area contributed by atoms with Gasteiger partial charge in [0, 0.05) is 13.2 Å². The molecule has 356 valence electrons. The van der Waals surface area contributed by atoms with Crippen LogP contribution in [0, 0.1) is 10.8 Å². The third kappa shape index (κ3) is 18.3. The van der Waals surface area contributed by atoms with E-state index in [9.17, 15) is 14.4 Å². The van der Waals surface area contributed by atoms with Gasteiger partial charge in [-0.15, -0.1) is 0 Å². The fourth-order valence-electron chi connectivity index (χ4n) is 9.82. The molecule has 3 atom stereocenters. The van der Waals surface area contributed by atoms with Crippen molar-refractivity contribution in [3.63, 3.8) is 0 Å². The molecule has 2 unspecified atom stereocenters. The minimum Gasteiger partial charge on any atom is -0.489 e. The molecule has 0 amide bonds. The maximum atomic E-state index is 11.0. The van der Waals surface area contributed by atoms with Crippen molar-refractivity contribution in [2.45, 2.75) is 167 Å². The van der Waals surface area contributed by atoms with Crippen molar-refractivity contribution in [3.8, 4) is 11.5 Å². The Morgan fingerprint density at radius 1 is 0.594 bits per heavy atom. The quantitative estimate of drug-likeness (QED) is 0.0587.